The van der Waals surface area contributed by atoms with E-state index >= 15 is 4.39 Å². The molecule has 3 fully saturated rings. The van der Waals surface area contributed by atoms with E-state index in [1.165, 1.54) is 35.2 Å². The zero-order valence-corrected chi connectivity index (χ0v) is 31.1. The molecule has 0 radical (unpaired) electrons. The van der Waals surface area contributed by atoms with Crippen LogP contribution in [0.5, 0.6) is 5.75 Å². The summed E-state index contributed by atoms with van der Waals surface area (Å²) in [5.74, 6) is -9.99. The summed E-state index contributed by atoms with van der Waals surface area (Å²) in [6.07, 6.45) is 5.28. The number of amides is 1. The lowest BCUT2D eigenvalue weighted by atomic mass is 9.99. The van der Waals surface area contributed by atoms with Crippen LogP contribution >= 0.6 is 27.5 Å². The minimum absolute atomic E-state index is 0.0819. The smallest absolute Gasteiger partial charge is 0.335 e. The van der Waals surface area contributed by atoms with Gasteiger partial charge in [0.05, 0.1) is 34.9 Å². The van der Waals surface area contributed by atoms with Crippen molar-refractivity contribution in [3.05, 3.63) is 121 Å². The molecule has 0 saturated heterocycles. The molecule has 0 atom stereocenters. The van der Waals surface area contributed by atoms with E-state index in [9.17, 15) is 36.3 Å². The molecule has 4 aromatic carbocycles. The fourth-order valence-electron chi connectivity index (χ4n) is 6.18. The third kappa shape index (κ3) is 7.96. The summed E-state index contributed by atoms with van der Waals surface area (Å²) in [5, 5.41) is 9.84. The van der Waals surface area contributed by atoms with E-state index in [2.05, 4.69) is 22.0 Å². The van der Waals surface area contributed by atoms with Gasteiger partial charge in [0.15, 0.2) is 23.3 Å². The highest BCUT2D eigenvalue weighted by atomic mass is 79.9. The van der Waals surface area contributed by atoms with Gasteiger partial charge in [-0.05, 0) is 113 Å². The number of benzene rings is 4. The van der Waals surface area contributed by atoms with Crippen molar-refractivity contribution in [2.45, 2.75) is 74.4 Å². The first-order chi connectivity index (χ1) is 25.2. The Hall–Kier alpha value is -3.98. The molecule has 0 aliphatic heterocycles. The van der Waals surface area contributed by atoms with E-state index in [0.29, 0.717) is 29.0 Å². The summed E-state index contributed by atoms with van der Waals surface area (Å²) < 4.78 is 92.7. The predicted molar refractivity (Wildman–Crippen MR) is 192 cm³/mol. The predicted octanol–water partition coefficient (Wildman–Crippen LogP) is 9.08. The quantitative estimate of drug-likeness (QED) is 0.0773. The number of carboxylic acid groups (broad SMARTS) is 1. The van der Waals surface area contributed by atoms with Crippen LogP contribution in [-0.4, -0.2) is 42.4 Å². The fourth-order valence-corrected chi connectivity index (χ4v) is 8.82. The van der Waals surface area contributed by atoms with Crippen LogP contribution in [0, 0.1) is 23.3 Å². The molecule has 3 saturated carbocycles. The van der Waals surface area contributed by atoms with Crippen LogP contribution in [0.15, 0.2) is 70.0 Å². The van der Waals surface area contributed by atoms with Crippen molar-refractivity contribution in [3.63, 3.8) is 0 Å². The summed E-state index contributed by atoms with van der Waals surface area (Å²) in [6.45, 7) is -1.76. The Labute approximate surface area is 316 Å². The number of aromatic carboxylic acids is 1. The summed E-state index contributed by atoms with van der Waals surface area (Å²) in [7, 11) is -5.33. The third-order valence-corrected chi connectivity index (χ3v) is 12.7. The Morgan fingerprint density at radius 2 is 1.45 bits per heavy atom. The fraction of sp³-hybridized carbons (Fsp3) is 0.316. The highest BCUT2D eigenvalue weighted by Crippen LogP contribution is 2.46. The Morgan fingerprint density at radius 3 is 2.04 bits per heavy atom. The molecule has 4 aromatic rings. The highest BCUT2D eigenvalue weighted by Gasteiger charge is 2.39. The van der Waals surface area contributed by atoms with Crippen molar-refractivity contribution in [2.75, 3.05) is 11.4 Å². The van der Waals surface area contributed by atoms with E-state index in [-0.39, 0.29) is 40.2 Å². The standard InChI is InChI=1S/C38H32BrClF4N2O6S/c39-32-33(41)34(42)35(43)36(44)37(32)53(50,51)45(18-24-3-1-2-4-28(24)40)19-31(47)46(29-12-9-23(38(48)49)16-30(29)52-27-10-11-27)17-20-13-25(21-5-6-21)15-26(14-20)22-7-8-22/h1-4,9,12-16,21-22,27H,5-8,10-11,17-19H2,(H,48,49). The van der Waals surface area contributed by atoms with Crippen molar-refractivity contribution in [3.8, 4) is 5.75 Å². The molecule has 0 heterocycles. The van der Waals surface area contributed by atoms with Crippen LogP contribution < -0.4 is 9.64 Å². The zero-order valence-electron chi connectivity index (χ0n) is 27.9. The number of anilines is 1. The number of rotatable bonds is 14. The lowest BCUT2D eigenvalue weighted by Gasteiger charge is -2.29. The first-order valence-electron chi connectivity index (χ1n) is 17.0. The first kappa shape index (κ1) is 37.3. The van der Waals surface area contributed by atoms with Gasteiger partial charge in [0.25, 0.3) is 0 Å². The van der Waals surface area contributed by atoms with E-state index < -0.39 is 67.6 Å². The molecule has 0 bridgehead atoms. The van der Waals surface area contributed by atoms with Crippen LogP contribution in [0.4, 0.5) is 23.2 Å². The maximum Gasteiger partial charge on any atom is 0.335 e. The van der Waals surface area contributed by atoms with Gasteiger partial charge >= 0.3 is 5.97 Å². The van der Waals surface area contributed by atoms with Crippen LogP contribution in [0.1, 0.15) is 83.0 Å². The molecule has 1 N–H and O–H groups in total. The number of carboxylic acids is 1. The molecule has 3 aliphatic carbocycles. The van der Waals surface area contributed by atoms with E-state index in [4.69, 9.17) is 16.3 Å². The molecule has 8 nitrogen and oxygen atoms in total. The van der Waals surface area contributed by atoms with Gasteiger partial charge < -0.3 is 14.7 Å². The van der Waals surface area contributed by atoms with Crippen molar-refractivity contribution >= 4 is 55.1 Å². The molecule has 278 valence electrons. The SMILES string of the molecule is O=C(O)c1ccc(N(Cc2cc(C3CC3)cc(C3CC3)c2)C(=O)CN(Cc2ccccc2Cl)S(=O)(=O)c2c(F)c(F)c(F)c(F)c2Br)c(OC2CC2)c1. The van der Waals surface area contributed by atoms with E-state index in [0.717, 1.165) is 42.4 Å². The number of sulfonamides is 1. The van der Waals surface area contributed by atoms with Gasteiger partial charge in [0, 0.05) is 11.6 Å². The van der Waals surface area contributed by atoms with Gasteiger partial charge in [-0.1, -0.05) is 48.0 Å². The second-order valence-corrected chi connectivity index (χ2v) is 16.7. The van der Waals surface area contributed by atoms with E-state index in [1.807, 2.05) is 12.1 Å². The van der Waals surface area contributed by atoms with Crippen molar-refractivity contribution < 1.29 is 45.4 Å². The molecular formula is C38H32BrClF4N2O6S. The first-order valence-corrected chi connectivity index (χ1v) is 19.6. The second-order valence-electron chi connectivity index (χ2n) is 13.6. The Kier molecular flexibility index (Phi) is 10.3. The number of nitrogens with zero attached hydrogens (tertiary/aromatic N) is 2. The highest BCUT2D eigenvalue weighted by molar-refractivity contribution is 9.10. The summed E-state index contributed by atoms with van der Waals surface area (Å²) in [4.78, 5) is 26.4. The van der Waals surface area contributed by atoms with E-state index in [1.54, 1.807) is 12.1 Å². The molecular weight excluding hydrogens is 804 g/mol. The Balaban J connectivity index is 1.34. The molecule has 0 aromatic heterocycles. The maximum atomic E-state index is 15.3. The third-order valence-electron chi connectivity index (χ3n) is 9.48. The van der Waals surface area contributed by atoms with Crippen LogP contribution in [0.3, 0.4) is 0 Å². The number of hydrogen-bond donors (Lipinski definition) is 1. The normalized spacial score (nSPS) is 15.8. The molecule has 0 spiro atoms. The molecule has 15 heteroatoms. The van der Waals surface area contributed by atoms with Crippen molar-refractivity contribution in [1.82, 2.24) is 4.31 Å². The Bertz CT molecular complexity index is 2190. The average Bonchev–Trinajstić information content (AvgIpc) is 3.95. The molecule has 7 rings (SSSR count). The second kappa shape index (κ2) is 14.7. The Morgan fingerprint density at radius 1 is 0.830 bits per heavy atom. The number of carbonyl (C=O) groups excluding carboxylic acids is 1. The van der Waals surface area contributed by atoms with Gasteiger partial charge in [0.2, 0.25) is 15.9 Å². The van der Waals surface area contributed by atoms with Crippen LogP contribution in [-0.2, 0) is 27.9 Å². The minimum atomic E-state index is -5.33. The molecule has 1 amide bonds. The number of hydrogen-bond acceptors (Lipinski definition) is 5. The summed E-state index contributed by atoms with van der Waals surface area (Å²) >= 11 is 8.96. The molecule has 0 unspecified atom stereocenters. The average molecular weight is 836 g/mol. The topological polar surface area (TPSA) is 104 Å². The van der Waals surface area contributed by atoms with Gasteiger partial charge in [0.1, 0.15) is 10.6 Å². The minimum Gasteiger partial charge on any atom is -0.488 e. The van der Waals surface area contributed by atoms with Crippen molar-refractivity contribution in [2.24, 2.45) is 0 Å². The van der Waals surface area contributed by atoms with Gasteiger partial charge in [-0.15, -0.1) is 0 Å². The van der Waals surface area contributed by atoms with Crippen LogP contribution in [0.2, 0.25) is 5.02 Å². The lowest BCUT2D eigenvalue weighted by molar-refractivity contribution is -0.119. The van der Waals surface area contributed by atoms with Gasteiger partial charge in [-0.25, -0.2) is 30.8 Å². The number of halogens is 6. The largest absolute Gasteiger partial charge is 0.488 e. The van der Waals surface area contributed by atoms with Crippen molar-refractivity contribution in [1.29, 1.82) is 0 Å². The summed E-state index contributed by atoms with van der Waals surface area (Å²) in [6, 6.07) is 16.2. The zero-order chi connectivity index (χ0) is 37.8. The summed E-state index contributed by atoms with van der Waals surface area (Å²) in [5.41, 5.74) is 3.20. The van der Waals surface area contributed by atoms with Crippen LogP contribution in [0.25, 0.3) is 0 Å². The monoisotopic (exact) mass is 834 g/mol. The van der Waals surface area contributed by atoms with Gasteiger partial charge in [-0.3, -0.25) is 4.79 Å². The number of ether oxygens (including phenoxy) is 1. The molecule has 3 aliphatic rings. The maximum absolute atomic E-state index is 15.3. The molecule has 53 heavy (non-hydrogen) atoms. The lowest BCUT2D eigenvalue weighted by Crippen LogP contribution is -2.43. The number of carbonyl (C=O) groups is 2. The van der Waals surface area contributed by atoms with Gasteiger partial charge in [-0.2, -0.15) is 4.31 Å².